The lowest BCUT2D eigenvalue weighted by Crippen LogP contribution is -2.45. The highest BCUT2D eigenvalue weighted by Crippen LogP contribution is 2.44. The maximum atomic E-state index is 13.9. The van der Waals surface area contributed by atoms with Crippen molar-refractivity contribution in [1.82, 2.24) is 4.90 Å². The van der Waals surface area contributed by atoms with E-state index in [1.165, 1.54) is 12.1 Å². The van der Waals surface area contributed by atoms with Gasteiger partial charge in [0.05, 0.1) is 19.1 Å². The Balaban J connectivity index is 1.63. The first-order valence-electron chi connectivity index (χ1n) is 11.8. The Morgan fingerprint density at radius 2 is 1.70 bits per heavy atom. The Hall–Kier alpha value is -4.16. The number of anilines is 1. The van der Waals surface area contributed by atoms with Gasteiger partial charge in [-0.1, -0.05) is 60.1 Å². The molecule has 0 aliphatic carbocycles. The van der Waals surface area contributed by atoms with Crippen LogP contribution >= 0.6 is 11.6 Å². The first-order chi connectivity index (χ1) is 17.9. The summed E-state index contributed by atoms with van der Waals surface area (Å²) in [5.41, 5.74) is 3.19. The molecule has 0 aromatic heterocycles. The van der Waals surface area contributed by atoms with E-state index in [0.29, 0.717) is 27.6 Å². The summed E-state index contributed by atoms with van der Waals surface area (Å²) >= 11 is 6.15. The predicted molar refractivity (Wildman–Crippen MR) is 141 cm³/mol. The Morgan fingerprint density at radius 1 is 0.973 bits per heavy atom. The maximum absolute atomic E-state index is 13.9. The molecule has 0 saturated carbocycles. The van der Waals surface area contributed by atoms with Gasteiger partial charge in [0, 0.05) is 22.8 Å². The molecule has 2 atom stereocenters. The SMILES string of the molecule is COc1ccc([C@H]2[C@@H](C(=O)Nc3cccc(Cl)c3)c3ccccc3C(=O)N2Cc2ccc(F)cc2)cc1. The highest BCUT2D eigenvalue weighted by molar-refractivity contribution is 6.30. The van der Waals surface area contributed by atoms with Gasteiger partial charge in [-0.2, -0.15) is 0 Å². The Morgan fingerprint density at radius 3 is 2.41 bits per heavy atom. The van der Waals surface area contributed by atoms with E-state index >= 15 is 0 Å². The third-order valence-electron chi connectivity index (χ3n) is 6.54. The molecule has 1 aliphatic rings. The Bertz CT molecular complexity index is 1440. The molecule has 0 spiro atoms. The highest BCUT2D eigenvalue weighted by atomic mass is 35.5. The lowest BCUT2D eigenvalue weighted by atomic mass is 9.79. The van der Waals surface area contributed by atoms with Crippen molar-refractivity contribution in [3.05, 3.63) is 130 Å². The monoisotopic (exact) mass is 514 g/mol. The minimum Gasteiger partial charge on any atom is -0.497 e. The minimum atomic E-state index is -0.721. The summed E-state index contributed by atoms with van der Waals surface area (Å²) in [5, 5.41) is 3.49. The van der Waals surface area contributed by atoms with E-state index in [2.05, 4.69) is 5.32 Å². The summed E-state index contributed by atoms with van der Waals surface area (Å²) < 4.78 is 18.9. The van der Waals surface area contributed by atoms with Crippen molar-refractivity contribution in [2.45, 2.75) is 18.5 Å². The van der Waals surface area contributed by atoms with E-state index in [-0.39, 0.29) is 24.2 Å². The number of halogens is 2. The average molecular weight is 515 g/mol. The molecule has 4 aromatic rings. The van der Waals surface area contributed by atoms with Crippen molar-refractivity contribution in [3.8, 4) is 5.75 Å². The summed E-state index contributed by atoms with van der Waals surface area (Å²) in [6.45, 7) is 0.199. The zero-order valence-corrected chi connectivity index (χ0v) is 20.8. The number of rotatable bonds is 6. The fraction of sp³-hybridized carbons (Fsp3) is 0.133. The number of benzene rings is 4. The summed E-state index contributed by atoms with van der Waals surface area (Å²) in [6, 6.07) is 26.8. The number of hydrogen-bond acceptors (Lipinski definition) is 3. The summed E-state index contributed by atoms with van der Waals surface area (Å²) in [7, 11) is 1.58. The van der Waals surface area contributed by atoms with E-state index in [0.717, 1.165) is 11.1 Å². The molecule has 1 heterocycles. The quantitative estimate of drug-likeness (QED) is 0.315. The number of ether oxygens (including phenoxy) is 1. The van der Waals surface area contributed by atoms with Crippen molar-refractivity contribution in [3.63, 3.8) is 0 Å². The summed E-state index contributed by atoms with van der Waals surface area (Å²) in [5.74, 6) is -0.887. The Labute approximate surface area is 219 Å². The molecule has 37 heavy (non-hydrogen) atoms. The van der Waals surface area contributed by atoms with E-state index in [9.17, 15) is 14.0 Å². The van der Waals surface area contributed by atoms with E-state index in [1.54, 1.807) is 60.5 Å². The molecule has 186 valence electrons. The predicted octanol–water partition coefficient (Wildman–Crippen LogP) is 6.61. The van der Waals surface area contributed by atoms with Crippen LogP contribution in [0, 0.1) is 5.82 Å². The molecule has 4 aromatic carbocycles. The second kappa shape index (κ2) is 10.4. The number of methoxy groups -OCH3 is 1. The number of hydrogen-bond donors (Lipinski definition) is 1. The van der Waals surface area contributed by atoms with Gasteiger partial charge in [0.15, 0.2) is 0 Å². The maximum Gasteiger partial charge on any atom is 0.255 e. The Kier molecular flexibility index (Phi) is 6.93. The van der Waals surface area contributed by atoms with Gasteiger partial charge in [0.2, 0.25) is 5.91 Å². The highest BCUT2D eigenvalue weighted by Gasteiger charge is 2.44. The smallest absolute Gasteiger partial charge is 0.255 e. The second-order valence-electron chi connectivity index (χ2n) is 8.84. The van der Waals surface area contributed by atoms with Gasteiger partial charge in [-0.15, -0.1) is 0 Å². The average Bonchev–Trinajstić information content (AvgIpc) is 2.91. The van der Waals surface area contributed by atoms with Gasteiger partial charge in [0.25, 0.3) is 5.91 Å². The van der Waals surface area contributed by atoms with Crippen LogP contribution in [0.4, 0.5) is 10.1 Å². The third-order valence-corrected chi connectivity index (χ3v) is 6.77. The normalized spacial score (nSPS) is 16.7. The van der Waals surface area contributed by atoms with Crippen molar-refractivity contribution < 1.29 is 18.7 Å². The third kappa shape index (κ3) is 5.06. The van der Waals surface area contributed by atoms with Gasteiger partial charge in [0.1, 0.15) is 11.6 Å². The molecule has 0 unspecified atom stereocenters. The van der Waals surface area contributed by atoms with Crippen LogP contribution in [0.1, 0.15) is 39.0 Å². The van der Waals surface area contributed by atoms with Crippen molar-refractivity contribution in [1.29, 1.82) is 0 Å². The molecule has 0 fully saturated rings. The van der Waals surface area contributed by atoms with E-state index in [4.69, 9.17) is 16.3 Å². The van der Waals surface area contributed by atoms with Crippen molar-refractivity contribution in [2.75, 3.05) is 12.4 Å². The van der Waals surface area contributed by atoms with Gasteiger partial charge < -0.3 is 15.0 Å². The van der Waals surface area contributed by atoms with Crippen LogP contribution in [-0.4, -0.2) is 23.8 Å². The summed E-state index contributed by atoms with van der Waals surface area (Å²) in [4.78, 5) is 29.5. The fourth-order valence-corrected chi connectivity index (χ4v) is 4.99. The fourth-order valence-electron chi connectivity index (χ4n) is 4.80. The van der Waals surface area contributed by atoms with Gasteiger partial charge >= 0.3 is 0 Å². The van der Waals surface area contributed by atoms with Crippen molar-refractivity contribution >= 4 is 29.1 Å². The lowest BCUT2D eigenvalue weighted by Gasteiger charge is -2.42. The number of amides is 2. The molecule has 5 rings (SSSR count). The summed E-state index contributed by atoms with van der Waals surface area (Å²) in [6.07, 6.45) is 0. The number of nitrogens with zero attached hydrogens (tertiary/aromatic N) is 1. The molecule has 0 saturated heterocycles. The lowest BCUT2D eigenvalue weighted by molar-refractivity contribution is -0.119. The van der Waals surface area contributed by atoms with Crippen LogP contribution in [0.5, 0.6) is 5.75 Å². The van der Waals surface area contributed by atoms with Gasteiger partial charge in [-0.25, -0.2) is 4.39 Å². The molecular formula is C30H24ClFN2O3. The zero-order valence-electron chi connectivity index (χ0n) is 20.0. The molecule has 1 N–H and O–H groups in total. The van der Waals surface area contributed by atoms with Crippen LogP contribution in [0.25, 0.3) is 0 Å². The van der Waals surface area contributed by atoms with E-state index < -0.39 is 12.0 Å². The second-order valence-corrected chi connectivity index (χ2v) is 9.28. The first kappa shape index (κ1) is 24.5. The number of fused-ring (bicyclic) bond motifs is 1. The molecule has 0 bridgehead atoms. The van der Waals surface area contributed by atoms with Crippen molar-refractivity contribution in [2.24, 2.45) is 0 Å². The number of carbonyl (C=O) groups is 2. The van der Waals surface area contributed by atoms with Crippen LogP contribution in [-0.2, 0) is 11.3 Å². The first-order valence-corrected chi connectivity index (χ1v) is 12.2. The van der Waals surface area contributed by atoms with Crippen LogP contribution in [0.2, 0.25) is 5.02 Å². The molecular weight excluding hydrogens is 491 g/mol. The molecule has 5 nitrogen and oxygen atoms in total. The van der Waals surface area contributed by atoms with Crippen LogP contribution < -0.4 is 10.1 Å². The van der Waals surface area contributed by atoms with Gasteiger partial charge in [-0.3, -0.25) is 9.59 Å². The van der Waals surface area contributed by atoms with Gasteiger partial charge in [-0.05, 0) is 65.2 Å². The van der Waals surface area contributed by atoms with Crippen LogP contribution in [0.15, 0.2) is 97.1 Å². The molecule has 7 heteroatoms. The number of nitrogens with one attached hydrogen (secondary N) is 1. The van der Waals surface area contributed by atoms with E-state index in [1.807, 2.05) is 36.4 Å². The minimum absolute atomic E-state index is 0.199. The largest absolute Gasteiger partial charge is 0.497 e. The zero-order chi connectivity index (χ0) is 25.9. The molecule has 0 radical (unpaired) electrons. The molecule has 1 aliphatic heterocycles. The topological polar surface area (TPSA) is 58.6 Å². The number of carbonyl (C=O) groups excluding carboxylic acids is 2. The van der Waals surface area contributed by atoms with Crippen LogP contribution in [0.3, 0.4) is 0 Å². The standard InChI is InChI=1S/C30H24ClFN2O3/c1-37-24-15-11-20(12-16-24)28-27(29(35)33-23-6-4-5-21(31)17-23)25-7-2-3-8-26(25)30(36)34(28)18-19-9-13-22(32)14-10-19/h2-17,27-28H,18H2,1H3,(H,33,35)/t27-,28-/m0/s1. The molecule has 2 amide bonds.